The van der Waals surface area contributed by atoms with Gasteiger partial charge in [-0.15, -0.1) is 0 Å². The van der Waals surface area contributed by atoms with E-state index in [2.05, 4.69) is 0 Å². The molecule has 0 aliphatic heterocycles. The highest BCUT2D eigenvalue weighted by atomic mass is 19.1. The maximum Gasteiger partial charge on any atom is 0.126 e. The molecule has 0 fully saturated rings. The molecular formula is C15H27FO. The van der Waals surface area contributed by atoms with E-state index in [-0.39, 0.29) is 5.82 Å². The fourth-order valence-corrected chi connectivity index (χ4v) is 0.795. The molecule has 0 radical (unpaired) electrons. The lowest BCUT2D eigenvalue weighted by Gasteiger charge is -2.11. The first-order valence-electron chi connectivity index (χ1n) is 6.21. The summed E-state index contributed by atoms with van der Waals surface area (Å²) >= 11 is 0. The summed E-state index contributed by atoms with van der Waals surface area (Å²) in [5.74, 6) is -0.124. The molecule has 17 heavy (non-hydrogen) atoms. The van der Waals surface area contributed by atoms with Crippen LogP contribution in [0.1, 0.15) is 52.2 Å². The Hall–Kier alpha value is -0.890. The van der Waals surface area contributed by atoms with Crippen LogP contribution >= 0.6 is 0 Å². The molecule has 2 heteroatoms. The monoisotopic (exact) mass is 242 g/mol. The first-order chi connectivity index (χ1) is 7.76. The molecular weight excluding hydrogens is 215 g/mol. The van der Waals surface area contributed by atoms with Gasteiger partial charge in [0.1, 0.15) is 5.82 Å². The molecule has 1 nitrogen and oxygen atoms in total. The molecule has 100 valence electrons. The van der Waals surface area contributed by atoms with E-state index in [4.69, 9.17) is 5.11 Å². The maximum atomic E-state index is 12.5. The van der Waals surface area contributed by atoms with E-state index in [1.54, 1.807) is 26.8 Å². The Morgan fingerprint density at radius 3 is 1.82 bits per heavy atom. The van der Waals surface area contributed by atoms with E-state index in [1.807, 2.05) is 33.8 Å². The average Bonchev–Trinajstić information content (AvgIpc) is 2.27. The fourth-order valence-electron chi connectivity index (χ4n) is 0.795. The van der Waals surface area contributed by atoms with Crippen LogP contribution in [0.25, 0.3) is 0 Å². The summed E-state index contributed by atoms with van der Waals surface area (Å²) in [4.78, 5) is 0. The van der Waals surface area contributed by atoms with Crippen LogP contribution in [-0.2, 0) is 0 Å². The summed E-state index contributed by atoms with van der Waals surface area (Å²) < 4.78 is 12.5. The molecule has 0 saturated carbocycles. The second-order valence-electron chi connectivity index (χ2n) is 4.42. The van der Waals surface area contributed by atoms with Crippen LogP contribution in [0.3, 0.4) is 0 Å². The van der Waals surface area contributed by atoms with E-state index in [1.165, 1.54) is 6.07 Å². The first-order valence-corrected chi connectivity index (χ1v) is 6.21. The lowest BCUT2D eigenvalue weighted by Crippen LogP contribution is -2.15. The van der Waals surface area contributed by atoms with Gasteiger partial charge in [0, 0.05) is 0 Å². The Morgan fingerprint density at radius 2 is 1.59 bits per heavy atom. The topological polar surface area (TPSA) is 20.2 Å². The van der Waals surface area contributed by atoms with Crippen LogP contribution in [-0.4, -0.2) is 10.7 Å². The van der Waals surface area contributed by atoms with Crippen molar-refractivity contribution in [2.24, 2.45) is 0 Å². The molecule has 0 aliphatic rings. The van der Waals surface area contributed by atoms with Crippen molar-refractivity contribution in [2.75, 3.05) is 0 Å². The third kappa shape index (κ3) is 11.4. The van der Waals surface area contributed by atoms with Gasteiger partial charge in [0.2, 0.25) is 0 Å². The number of aryl methyl sites for hydroxylation is 2. The summed E-state index contributed by atoms with van der Waals surface area (Å²) in [5, 5.41) is 8.83. The van der Waals surface area contributed by atoms with Crippen molar-refractivity contribution in [3.05, 3.63) is 35.1 Å². The third-order valence-electron chi connectivity index (χ3n) is 2.18. The average molecular weight is 242 g/mol. The Kier molecular flexibility index (Phi) is 9.97. The Balaban J connectivity index is 0. The van der Waals surface area contributed by atoms with E-state index < -0.39 is 5.60 Å². The molecule has 0 saturated heterocycles. The summed E-state index contributed by atoms with van der Waals surface area (Å²) in [6.07, 6.45) is 0.826. The van der Waals surface area contributed by atoms with E-state index >= 15 is 0 Å². The zero-order chi connectivity index (χ0) is 14.1. The molecule has 0 amide bonds. The van der Waals surface area contributed by atoms with Crippen LogP contribution in [0.15, 0.2) is 18.2 Å². The van der Waals surface area contributed by atoms with Gasteiger partial charge >= 0.3 is 0 Å². The number of aliphatic hydroxyl groups is 1. The summed E-state index contributed by atoms with van der Waals surface area (Å²) in [7, 11) is 0. The van der Waals surface area contributed by atoms with Gasteiger partial charge in [-0.2, -0.15) is 0 Å². The van der Waals surface area contributed by atoms with E-state index in [0.29, 0.717) is 0 Å². The number of halogens is 1. The van der Waals surface area contributed by atoms with Gasteiger partial charge in [0.25, 0.3) is 0 Å². The molecule has 0 bridgehead atoms. The van der Waals surface area contributed by atoms with Crippen LogP contribution in [0.5, 0.6) is 0 Å². The maximum absolute atomic E-state index is 12.5. The minimum Gasteiger partial charge on any atom is -0.390 e. The number of hydrogen-bond donors (Lipinski definition) is 1. The number of hydrogen-bond acceptors (Lipinski definition) is 1. The predicted molar refractivity (Wildman–Crippen MR) is 73.8 cm³/mol. The molecule has 0 aromatic heterocycles. The summed E-state index contributed by atoms with van der Waals surface area (Å²) in [5.41, 5.74) is 1.36. The Labute approximate surface area is 106 Å². The lowest BCUT2D eigenvalue weighted by molar-refractivity contribution is 0.0765. The van der Waals surface area contributed by atoms with Crippen molar-refractivity contribution >= 4 is 0 Å². The van der Waals surface area contributed by atoms with Crippen LogP contribution in [0.2, 0.25) is 0 Å². The standard InChI is InChI=1S/C8H9F.C5H12O.C2H6/c1-6-3-4-8(9)7(2)5-6;1-4-5(2,3)6;1-2/h3-5H,1-2H3;6H,4H2,1-3H3;1-2H3. The van der Waals surface area contributed by atoms with Crippen molar-refractivity contribution in [1.82, 2.24) is 0 Å². The van der Waals surface area contributed by atoms with Gasteiger partial charge < -0.3 is 5.11 Å². The molecule has 0 atom stereocenters. The fraction of sp³-hybridized carbons (Fsp3) is 0.600. The van der Waals surface area contributed by atoms with Crippen LogP contribution in [0.4, 0.5) is 4.39 Å². The van der Waals surface area contributed by atoms with Gasteiger partial charge in [-0.05, 0) is 45.7 Å². The van der Waals surface area contributed by atoms with Gasteiger partial charge in [0.15, 0.2) is 0 Å². The Bertz CT molecular complexity index is 300. The molecule has 1 N–H and O–H groups in total. The van der Waals surface area contributed by atoms with Crippen LogP contribution in [0, 0.1) is 19.7 Å². The summed E-state index contributed by atoms with van der Waals surface area (Å²) in [6.45, 7) is 13.3. The van der Waals surface area contributed by atoms with Crippen LogP contribution < -0.4 is 0 Å². The molecule has 1 rings (SSSR count). The minimum absolute atomic E-state index is 0.124. The van der Waals surface area contributed by atoms with Crippen molar-refractivity contribution < 1.29 is 9.50 Å². The second-order valence-corrected chi connectivity index (χ2v) is 4.42. The van der Waals surface area contributed by atoms with Crippen molar-refractivity contribution in [2.45, 2.75) is 60.5 Å². The molecule has 0 unspecified atom stereocenters. The highest BCUT2D eigenvalue weighted by Gasteiger charge is 2.05. The van der Waals surface area contributed by atoms with E-state index in [0.717, 1.165) is 17.5 Å². The predicted octanol–water partition coefficient (Wildman–Crippen LogP) is 4.64. The lowest BCUT2D eigenvalue weighted by atomic mass is 10.1. The van der Waals surface area contributed by atoms with E-state index in [9.17, 15) is 4.39 Å². The first kappa shape index (κ1) is 18.5. The van der Waals surface area contributed by atoms with Crippen molar-refractivity contribution in [3.63, 3.8) is 0 Å². The minimum atomic E-state index is -0.458. The molecule has 0 aliphatic carbocycles. The molecule has 1 aromatic rings. The number of benzene rings is 1. The SMILES string of the molecule is CC.CCC(C)(C)O.Cc1ccc(F)c(C)c1. The highest BCUT2D eigenvalue weighted by molar-refractivity contribution is 5.22. The highest BCUT2D eigenvalue weighted by Crippen LogP contribution is 2.07. The van der Waals surface area contributed by atoms with Crippen molar-refractivity contribution in [1.29, 1.82) is 0 Å². The molecule has 0 spiro atoms. The quantitative estimate of drug-likeness (QED) is 0.761. The summed E-state index contributed by atoms with van der Waals surface area (Å²) in [6, 6.07) is 5.09. The number of rotatable bonds is 1. The van der Waals surface area contributed by atoms with Crippen molar-refractivity contribution in [3.8, 4) is 0 Å². The Morgan fingerprint density at radius 1 is 1.18 bits per heavy atom. The zero-order valence-electron chi connectivity index (χ0n) is 12.3. The smallest absolute Gasteiger partial charge is 0.126 e. The zero-order valence-corrected chi connectivity index (χ0v) is 12.3. The normalized spacial score (nSPS) is 9.71. The van der Waals surface area contributed by atoms with Gasteiger partial charge in [0.05, 0.1) is 5.60 Å². The molecule has 0 heterocycles. The van der Waals surface area contributed by atoms with Gasteiger partial charge in [-0.3, -0.25) is 0 Å². The second kappa shape index (κ2) is 9.17. The largest absolute Gasteiger partial charge is 0.390 e. The third-order valence-corrected chi connectivity index (χ3v) is 2.18. The van der Waals surface area contributed by atoms with Gasteiger partial charge in [-0.25, -0.2) is 4.39 Å². The molecule has 1 aromatic carbocycles. The van der Waals surface area contributed by atoms with Gasteiger partial charge in [-0.1, -0.05) is 38.5 Å².